The summed E-state index contributed by atoms with van der Waals surface area (Å²) in [5.74, 6) is -1.96. The van der Waals surface area contributed by atoms with Crippen LogP contribution in [-0.4, -0.2) is 35.2 Å². The van der Waals surface area contributed by atoms with E-state index in [-0.39, 0.29) is 13.0 Å². The largest absolute Gasteiger partial charge is 0.480 e. The monoisotopic (exact) mass is 371 g/mol. The third-order valence-electron chi connectivity index (χ3n) is 3.77. The molecule has 142 valence electrons. The third kappa shape index (κ3) is 6.81. The second-order valence-corrected chi connectivity index (χ2v) is 5.94. The lowest BCUT2D eigenvalue weighted by atomic mass is 10.1. The van der Waals surface area contributed by atoms with Crippen molar-refractivity contribution in [1.29, 1.82) is 0 Å². The van der Waals surface area contributed by atoms with Crippen LogP contribution in [-0.2, 0) is 27.4 Å². The number of nitrogens with one attached hydrogen (secondary N) is 2. The van der Waals surface area contributed by atoms with Crippen LogP contribution < -0.4 is 10.6 Å². The van der Waals surface area contributed by atoms with Crippen LogP contribution in [0.1, 0.15) is 18.1 Å². The summed E-state index contributed by atoms with van der Waals surface area (Å²) in [5, 5.41) is 11.7. The summed E-state index contributed by atoms with van der Waals surface area (Å²) in [6, 6.07) is 15.4. The summed E-state index contributed by atoms with van der Waals surface area (Å²) >= 11 is 0. The number of hydrogen-bond donors (Lipinski definition) is 3. The number of ether oxygens (including phenoxy) is 1. The number of alkyl carbamates (subject to hydrolysis) is 1. The standard InChI is InChI=1S/C20H22N2O5/c1-14(19(24)25)21-18(23)17(12-15-8-4-2-5-9-15)22-20(26)27-13-16-10-6-3-7-11-16/h2-11,14,17H,12-13H2,1H3,(H,21,23)(H,22,26)(H,24,25)/t14-,17-/m0/s1/i/hD. The topological polar surface area (TPSA) is 105 Å². The molecule has 0 saturated heterocycles. The SMILES string of the molecule is [2H]N(C(=O)OCc1ccccc1)[C@@H](Cc1ccccc1)C(=O)N[C@@H](C)C(=O)O. The van der Waals surface area contributed by atoms with Gasteiger partial charge < -0.3 is 20.5 Å². The van der Waals surface area contributed by atoms with Crippen LogP contribution in [0.5, 0.6) is 0 Å². The molecule has 0 aliphatic carbocycles. The molecular formula is C20H22N2O5. The highest BCUT2D eigenvalue weighted by Gasteiger charge is 2.25. The fourth-order valence-electron chi connectivity index (χ4n) is 2.29. The van der Waals surface area contributed by atoms with Crippen LogP contribution in [0.4, 0.5) is 4.79 Å². The summed E-state index contributed by atoms with van der Waals surface area (Å²) in [6.45, 7) is 1.27. The van der Waals surface area contributed by atoms with Crippen molar-refractivity contribution in [1.82, 2.24) is 10.6 Å². The molecule has 2 rings (SSSR count). The first-order valence-electron chi connectivity index (χ1n) is 8.89. The first-order valence-corrected chi connectivity index (χ1v) is 8.44. The first-order chi connectivity index (χ1) is 13.4. The summed E-state index contributed by atoms with van der Waals surface area (Å²) in [5.41, 5.74) is 1.46. The molecule has 2 atom stereocenters. The number of rotatable bonds is 8. The van der Waals surface area contributed by atoms with E-state index in [0.29, 0.717) is 5.31 Å². The van der Waals surface area contributed by atoms with Gasteiger partial charge in [-0.3, -0.25) is 9.59 Å². The fourth-order valence-corrected chi connectivity index (χ4v) is 2.29. The van der Waals surface area contributed by atoms with E-state index in [1.54, 1.807) is 54.6 Å². The Hall–Kier alpha value is -3.35. The molecule has 0 saturated carbocycles. The van der Waals surface area contributed by atoms with Gasteiger partial charge in [-0.25, -0.2) is 4.79 Å². The van der Waals surface area contributed by atoms with Crippen LogP contribution in [0, 0.1) is 0 Å². The number of amides is 2. The van der Waals surface area contributed by atoms with E-state index in [4.69, 9.17) is 11.3 Å². The van der Waals surface area contributed by atoms with Gasteiger partial charge in [0.25, 0.3) is 0 Å². The Morgan fingerprint density at radius 3 is 2.15 bits per heavy atom. The Morgan fingerprint density at radius 2 is 1.59 bits per heavy atom. The van der Waals surface area contributed by atoms with E-state index in [2.05, 4.69) is 5.32 Å². The summed E-state index contributed by atoms with van der Waals surface area (Å²) in [6.07, 6.45) is -0.953. The van der Waals surface area contributed by atoms with Crippen molar-refractivity contribution >= 4 is 18.0 Å². The Kier molecular flexibility index (Phi) is 6.80. The Bertz CT molecular complexity index is 801. The minimum Gasteiger partial charge on any atom is -0.480 e. The highest BCUT2D eigenvalue weighted by Crippen LogP contribution is 2.06. The number of carboxylic acid groups (broad SMARTS) is 1. The molecule has 0 radical (unpaired) electrons. The van der Waals surface area contributed by atoms with Crippen molar-refractivity contribution in [2.24, 2.45) is 0 Å². The number of carboxylic acids is 1. The van der Waals surface area contributed by atoms with Gasteiger partial charge in [0.15, 0.2) is 1.41 Å². The highest BCUT2D eigenvalue weighted by molar-refractivity contribution is 5.89. The number of carbonyl (C=O) groups excluding carboxylic acids is 2. The molecule has 0 aromatic heterocycles. The molecule has 7 heteroatoms. The molecule has 3 N–H and O–H groups in total. The molecule has 0 aliphatic rings. The zero-order chi connectivity index (χ0) is 20.5. The van der Waals surface area contributed by atoms with Crippen LogP contribution in [0.15, 0.2) is 60.7 Å². The number of hydrogen-bond acceptors (Lipinski definition) is 4. The minimum atomic E-state index is -1.24. The summed E-state index contributed by atoms with van der Waals surface area (Å²) in [7, 11) is 0. The van der Waals surface area contributed by atoms with Gasteiger partial charge in [0, 0.05) is 6.42 Å². The van der Waals surface area contributed by atoms with Crippen molar-refractivity contribution < 1.29 is 25.6 Å². The Balaban J connectivity index is 2.10. The second-order valence-electron chi connectivity index (χ2n) is 5.94. The maximum absolute atomic E-state index is 12.5. The van der Waals surface area contributed by atoms with Gasteiger partial charge in [-0.2, -0.15) is 0 Å². The average Bonchev–Trinajstić information content (AvgIpc) is 2.71. The van der Waals surface area contributed by atoms with Crippen LogP contribution >= 0.6 is 0 Å². The lowest BCUT2D eigenvalue weighted by molar-refractivity contribution is -0.141. The fraction of sp³-hybridized carbons (Fsp3) is 0.250. The number of carbonyl (C=O) groups is 3. The lowest BCUT2D eigenvalue weighted by Gasteiger charge is -2.20. The molecule has 7 nitrogen and oxygen atoms in total. The van der Waals surface area contributed by atoms with E-state index >= 15 is 0 Å². The molecule has 0 unspecified atom stereocenters. The molecular weight excluding hydrogens is 348 g/mol. The normalized spacial score (nSPS) is 13.0. The lowest BCUT2D eigenvalue weighted by Crippen LogP contribution is -2.51. The quantitative estimate of drug-likeness (QED) is 0.659. The molecule has 2 amide bonds. The van der Waals surface area contributed by atoms with E-state index in [1.807, 2.05) is 6.07 Å². The average molecular weight is 371 g/mol. The maximum Gasteiger partial charge on any atom is 0.408 e. The predicted octanol–water partition coefficient (Wildman–Crippen LogP) is 2.11. The van der Waals surface area contributed by atoms with Gasteiger partial charge in [0.05, 0.1) is 0 Å². The minimum absolute atomic E-state index is 0.0414. The van der Waals surface area contributed by atoms with Crippen molar-refractivity contribution in [2.45, 2.75) is 32.0 Å². The van der Waals surface area contributed by atoms with Crippen LogP contribution in [0.3, 0.4) is 0 Å². The Morgan fingerprint density at radius 1 is 1.04 bits per heavy atom. The van der Waals surface area contributed by atoms with Gasteiger partial charge in [0.2, 0.25) is 5.91 Å². The van der Waals surface area contributed by atoms with Gasteiger partial charge in [-0.05, 0) is 18.1 Å². The zero-order valence-electron chi connectivity index (χ0n) is 15.9. The second kappa shape index (κ2) is 9.96. The number of aliphatic carboxylic acids is 1. The van der Waals surface area contributed by atoms with Crippen molar-refractivity contribution in [3.8, 4) is 0 Å². The third-order valence-corrected chi connectivity index (χ3v) is 3.77. The van der Waals surface area contributed by atoms with Crippen LogP contribution in [0.25, 0.3) is 0 Å². The van der Waals surface area contributed by atoms with Crippen LogP contribution in [0.2, 0.25) is 1.41 Å². The molecule has 0 heterocycles. The van der Waals surface area contributed by atoms with Gasteiger partial charge >= 0.3 is 12.1 Å². The summed E-state index contributed by atoms with van der Waals surface area (Å²) < 4.78 is 13.2. The predicted molar refractivity (Wildman–Crippen MR) is 98.9 cm³/mol. The molecule has 2 aromatic rings. The summed E-state index contributed by atoms with van der Waals surface area (Å²) in [4.78, 5) is 35.8. The van der Waals surface area contributed by atoms with Crippen molar-refractivity contribution in [2.75, 3.05) is 0 Å². The zero-order valence-corrected chi connectivity index (χ0v) is 14.9. The van der Waals surface area contributed by atoms with Gasteiger partial charge in [0.1, 0.15) is 18.7 Å². The molecule has 2 aromatic carbocycles. The molecule has 0 fully saturated rings. The van der Waals surface area contributed by atoms with Gasteiger partial charge in [-0.1, -0.05) is 60.7 Å². The van der Waals surface area contributed by atoms with Crippen molar-refractivity contribution in [3.63, 3.8) is 0 Å². The van der Waals surface area contributed by atoms with Crippen molar-refractivity contribution in [3.05, 3.63) is 71.8 Å². The maximum atomic E-state index is 12.5. The molecule has 0 spiro atoms. The van der Waals surface area contributed by atoms with E-state index in [9.17, 15) is 14.4 Å². The van der Waals surface area contributed by atoms with E-state index < -0.39 is 30.1 Å². The van der Waals surface area contributed by atoms with E-state index in [1.165, 1.54) is 6.92 Å². The molecule has 0 aliphatic heterocycles. The first kappa shape index (κ1) is 18.4. The highest BCUT2D eigenvalue weighted by atomic mass is 16.5. The molecule has 27 heavy (non-hydrogen) atoms. The Labute approximate surface area is 158 Å². The van der Waals surface area contributed by atoms with Gasteiger partial charge in [-0.15, -0.1) is 0 Å². The smallest absolute Gasteiger partial charge is 0.408 e. The number of benzene rings is 2. The molecule has 0 bridgehead atoms. The van der Waals surface area contributed by atoms with E-state index in [0.717, 1.165) is 11.1 Å².